The first-order valence-corrected chi connectivity index (χ1v) is 19.0. The van der Waals surface area contributed by atoms with E-state index in [1.807, 2.05) is 26.8 Å². The molecule has 0 aliphatic heterocycles. The Kier molecular flexibility index (Phi) is 9.27. The largest absolute Gasteiger partial charge is 0.519 e. The number of carboxylic acid groups (broad SMARTS) is 1. The average molecular weight is 712 g/mol. The predicted molar refractivity (Wildman–Crippen MR) is 186 cm³/mol. The second-order valence-electron chi connectivity index (χ2n) is 18.1. The first-order chi connectivity index (χ1) is 23.8. The van der Waals surface area contributed by atoms with Crippen molar-refractivity contribution in [3.8, 4) is 0 Å². The molecule has 0 bridgehead atoms. The Morgan fingerprint density at radius 2 is 1.65 bits per heavy atom. The molecule has 1 unspecified atom stereocenters. The van der Waals surface area contributed by atoms with Crippen LogP contribution in [0.1, 0.15) is 131 Å². The molecule has 5 aliphatic rings. The number of unbranched alkanes of at least 4 members (excludes halogenated alkanes) is 1. The third-order valence-electron chi connectivity index (χ3n) is 15.4. The molecule has 11 nitrogen and oxygen atoms in total. The molecule has 10 atom stereocenters. The van der Waals surface area contributed by atoms with E-state index in [-0.39, 0.29) is 53.2 Å². The van der Waals surface area contributed by atoms with Crippen molar-refractivity contribution in [3.05, 3.63) is 33.8 Å². The summed E-state index contributed by atoms with van der Waals surface area (Å²) >= 11 is 0. The van der Waals surface area contributed by atoms with Gasteiger partial charge in [0.05, 0.1) is 17.4 Å². The van der Waals surface area contributed by atoms with Crippen molar-refractivity contribution in [1.82, 2.24) is 5.32 Å². The number of ketones is 1. The molecule has 0 aromatic carbocycles. The first kappa shape index (κ1) is 37.4. The molecule has 11 heteroatoms. The monoisotopic (exact) mass is 711 g/mol. The Labute approximate surface area is 300 Å². The third-order valence-corrected chi connectivity index (χ3v) is 15.4. The van der Waals surface area contributed by atoms with E-state index in [4.69, 9.17) is 18.3 Å². The zero-order chi connectivity index (χ0) is 37.4. The Bertz CT molecular complexity index is 1690. The normalized spacial score (nSPS) is 41.6. The van der Waals surface area contributed by atoms with E-state index in [1.54, 1.807) is 6.92 Å². The molecule has 1 amide bonds. The number of rotatable bonds is 8. The van der Waals surface area contributed by atoms with Gasteiger partial charge in [-0.1, -0.05) is 46.6 Å². The van der Waals surface area contributed by atoms with Crippen LogP contribution in [0, 0.1) is 57.2 Å². The number of alkyl carbamates (subject to hydrolysis) is 1. The number of carbonyl (C=O) groups excluding carboxylic acids is 3. The fourth-order valence-corrected chi connectivity index (χ4v) is 11.9. The number of ether oxygens (including phenoxy) is 2. The van der Waals surface area contributed by atoms with Crippen LogP contribution in [0.4, 0.5) is 4.79 Å². The standard InChI is InChI=1S/C40H57NO10/c1-9-10-19-48-33(46)41-29-12-13-37(5)28(40(29,8)32(45)49-22-27-23(2)50-34(47)51-27)11-14-39(7)30(37)26(42)20-24-25-21-36(4,31(43)44)16-15-35(25,3)17-18-38(24,39)6/h20,25,28-30H,9-19,21-22H2,1-8H3,(H,41,46)(H,43,44)/t25-,28?,29-,30+,35+,36-,37-,38+,39+,40-/m0/s1. The molecule has 0 saturated heterocycles. The summed E-state index contributed by atoms with van der Waals surface area (Å²) in [4.78, 5) is 66.6. The molecular weight excluding hydrogens is 654 g/mol. The lowest BCUT2D eigenvalue weighted by atomic mass is 9.33. The molecule has 5 aliphatic carbocycles. The van der Waals surface area contributed by atoms with Gasteiger partial charge in [0.25, 0.3) is 0 Å². The van der Waals surface area contributed by atoms with Gasteiger partial charge in [0, 0.05) is 12.0 Å². The number of allylic oxidation sites excluding steroid dienone is 2. The highest BCUT2D eigenvalue weighted by atomic mass is 16.6. The summed E-state index contributed by atoms with van der Waals surface area (Å²) in [6, 6.07) is -0.620. The number of carbonyl (C=O) groups is 4. The van der Waals surface area contributed by atoms with Crippen LogP contribution in [0.5, 0.6) is 0 Å². The first-order valence-electron chi connectivity index (χ1n) is 19.0. The van der Waals surface area contributed by atoms with Crippen LogP contribution in [0.15, 0.2) is 25.3 Å². The summed E-state index contributed by atoms with van der Waals surface area (Å²) < 4.78 is 21.5. The fraction of sp³-hybridized carbons (Fsp3) is 0.775. The van der Waals surface area contributed by atoms with E-state index in [0.29, 0.717) is 38.5 Å². The van der Waals surface area contributed by atoms with Crippen LogP contribution >= 0.6 is 0 Å². The van der Waals surface area contributed by atoms with Gasteiger partial charge < -0.3 is 28.7 Å². The maximum Gasteiger partial charge on any atom is 0.519 e. The van der Waals surface area contributed by atoms with Crippen LogP contribution in [-0.4, -0.2) is 41.6 Å². The highest BCUT2D eigenvalue weighted by molar-refractivity contribution is 5.96. The number of aliphatic carboxylic acids is 1. The van der Waals surface area contributed by atoms with Gasteiger partial charge in [-0.15, -0.1) is 0 Å². The smallest absolute Gasteiger partial charge is 0.481 e. The number of fused-ring (bicyclic) bond motifs is 7. The lowest BCUT2D eigenvalue weighted by Crippen LogP contribution is -2.69. The zero-order valence-corrected chi connectivity index (χ0v) is 31.7. The maximum absolute atomic E-state index is 14.9. The molecule has 51 heavy (non-hydrogen) atoms. The molecular formula is C40H57NO10. The van der Waals surface area contributed by atoms with Crippen molar-refractivity contribution in [3.63, 3.8) is 0 Å². The van der Waals surface area contributed by atoms with E-state index in [1.165, 1.54) is 0 Å². The molecule has 1 heterocycles. The van der Waals surface area contributed by atoms with E-state index >= 15 is 0 Å². The van der Waals surface area contributed by atoms with Crippen molar-refractivity contribution in [1.29, 1.82) is 0 Å². The van der Waals surface area contributed by atoms with Gasteiger partial charge in [0.1, 0.15) is 0 Å². The van der Waals surface area contributed by atoms with E-state index in [9.17, 15) is 29.1 Å². The van der Waals surface area contributed by atoms with Gasteiger partial charge in [-0.2, -0.15) is 0 Å². The van der Waals surface area contributed by atoms with Crippen molar-refractivity contribution < 1.29 is 42.6 Å². The molecule has 4 fully saturated rings. The topological polar surface area (TPSA) is 162 Å². The van der Waals surface area contributed by atoms with Crippen LogP contribution < -0.4 is 11.1 Å². The number of nitrogens with one attached hydrogen (secondary N) is 1. The molecule has 2 N–H and O–H groups in total. The summed E-state index contributed by atoms with van der Waals surface area (Å²) in [5, 5.41) is 13.3. The second-order valence-corrected chi connectivity index (χ2v) is 18.1. The minimum Gasteiger partial charge on any atom is -0.481 e. The molecule has 1 aromatic heterocycles. The summed E-state index contributed by atoms with van der Waals surface area (Å²) in [7, 11) is 0. The number of amides is 1. The average Bonchev–Trinajstić information content (AvgIpc) is 3.39. The highest BCUT2D eigenvalue weighted by Crippen LogP contribution is 2.75. The van der Waals surface area contributed by atoms with Crippen molar-refractivity contribution in [2.24, 2.45) is 50.2 Å². The summed E-state index contributed by atoms with van der Waals surface area (Å²) in [6.45, 7) is 16.2. The van der Waals surface area contributed by atoms with E-state index < -0.39 is 57.5 Å². The molecule has 0 spiro atoms. The van der Waals surface area contributed by atoms with E-state index in [2.05, 4.69) is 33.0 Å². The summed E-state index contributed by atoms with van der Waals surface area (Å²) in [6.07, 6.45) is 9.12. The second kappa shape index (κ2) is 12.6. The van der Waals surface area contributed by atoms with Crippen LogP contribution in [0.2, 0.25) is 0 Å². The number of hydrogen-bond acceptors (Lipinski definition) is 9. The van der Waals surface area contributed by atoms with Gasteiger partial charge in [0.2, 0.25) is 0 Å². The molecule has 1 aromatic rings. The number of aryl methyl sites for hydroxylation is 1. The molecule has 6 rings (SSSR count). The Morgan fingerprint density at radius 3 is 2.29 bits per heavy atom. The van der Waals surface area contributed by atoms with Gasteiger partial charge in [0.15, 0.2) is 23.9 Å². The summed E-state index contributed by atoms with van der Waals surface area (Å²) in [5.74, 6) is -2.51. The maximum atomic E-state index is 14.9. The zero-order valence-electron chi connectivity index (χ0n) is 31.7. The Balaban J connectivity index is 1.37. The Morgan fingerprint density at radius 1 is 0.941 bits per heavy atom. The Hall–Kier alpha value is -3.37. The van der Waals surface area contributed by atoms with Crippen molar-refractivity contribution in [2.45, 2.75) is 139 Å². The van der Waals surface area contributed by atoms with Crippen LogP contribution in [0.25, 0.3) is 0 Å². The molecule has 282 valence electrons. The minimum atomic E-state index is -1.24. The SMILES string of the molecule is CCCCOC(=O)N[C@H]1CC[C@@]2(C)C(CC[C@]3(C)[C@@H]2C(=O)C=C2[C@@H]4C[C@@](C)(C(=O)O)CC[C@]4(C)CC[C@]23C)[C@]1(C)C(=O)OCc1oc(=O)oc1C. The molecule has 0 radical (unpaired) electrons. The third kappa shape index (κ3) is 5.61. The number of hydrogen-bond donors (Lipinski definition) is 2. The fourth-order valence-electron chi connectivity index (χ4n) is 11.9. The number of carboxylic acids is 1. The quantitative estimate of drug-likeness (QED) is 0.204. The van der Waals surface area contributed by atoms with Gasteiger partial charge in [-0.3, -0.25) is 14.4 Å². The van der Waals surface area contributed by atoms with Crippen LogP contribution in [0.3, 0.4) is 0 Å². The minimum absolute atomic E-state index is 0.00341. The van der Waals surface area contributed by atoms with Crippen molar-refractivity contribution in [2.75, 3.05) is 6.61 Å². The van der Waals surface area contributed by atoms with E-state index in [0.717, 1.165) is 37.7 Å². The van der Waals surface area contributed by atoms with Gasteiger partial charge in [-0.05, 0) is 125 Å². The van der Waals surface area contributed by atoms with Crippen molar-refractivity contribution >= 4 is 23.8 Å². The number of esters is 1. The lowest BCUT2D eigenvalue weighted by molar-refractivity contribution is -0.205. The lowest BCUT2D eigenvalue weighted by Gasteiger charge is -2.70. The highest BCUT2D eigenvalue weighted by Gasteiger charge is 2.72. The van der Waals surface area contributed by atoms with Gasteiger partial charge >= 0.3 is 23.9 Å². The molecule has 4 saturated carbocycles. The van der Waals surface area contributed by atoms with Gasteiger partial charge in [-0.25, -0.2) is 9.59 Å². The predicted octanol–water partition coefficient (Wildman–Crippen LogP) is 7.52. The summed E-state index contributed by atoms with van der Waals surface area (Å²) in [5.41, 5.74) is -2.39. The van der Waals surface area contributed by atoms with Crippen LogP contribution in [-0.2, 0) is 30.5 Å².